The maximum Gasteiger partial charge on any atom is 0.308 e. The first-order valence-corrected chi connectivity index (χ1v) is 7.96. The third-order valence-electron chi connectivity index (χ3n) is 3.55. The number of carbonyl (C=O) groups excluding carboxylic acids is 3. The van der Waals surface area contributed by atoms with Gasteiger partial charge in [0.15, 0.2) is 0 Å². The molecule has 2 aromatic rings. The van der Waals surface area contributed by atoms with E-state index < -0.39 is 29.6 Å². The third kappa shape index (κ3) is 6.35. The molecule has 0 aliphatic heterocycles. The van der Waals surface area contributed by atoms with E-state index >= 15 is 0 Å². The molecule has 26 heavy (non-hydrogen) atoms. The molecule has 0 aliphatic rings. The zero-order chi connectivity index (χ0) is 18.9. The fourth-order valence-electron chi connectivity index (χ4n) is 2.26. The number of hydrogen-bond acceptors (Lipinski definition) is 4. The molecule has 2 amide bonds. The van der Waals surface area contributed by atoms with Crippen LogP contribution in [0.2, 0.25) is 0 Å². The first-order chi connectivity index (χ1) is 12.4. The minimum Gasteiger partial charge on any atom is -0.461 e. The molecular formula is C19H19FN2O4. The number of esters is 1. The van der Waals surface area contributed by atoms with E-state index in [9.17, 15) is 18.8 Å². The van der Waals surface area contributed by atoms with E-state index in [1.54, 1.807) is 18.2 Å². The van der Waals surface area contributed by atoms with Crippen LogP contribution in [0.1, 0.15) is 17.5 Å². The second-order valence-electron chi connectivity index (χ2n) is 5.68. The van der Waals surface area contributed by atoms with Crippen molar-refractivity contribution < 1.29 is 23.5 Å². The van der Waals surface area contributed by atoms with Crippen LogP contribution in [0.25, 0.3) is 0 Å². The Hall–Kier alpha value is -3.22. The first-order valence-electron chi connectivity index (χ1n) is 7.96. The van der Waals surface area contributed by atoms with Crippen LogP contribution >= 0.6 is 0 Å². The fraction of sp³-hybridized carbons (Fsp3) is 0.211. The summed E-state index contributed by atoms with van der Waals surface area (Å²) in [6, 6.07) is 13.4. The van der Waals surface area contributed by atoms with Crippen molar-refractivity contribution in [3.63, 3.8) is 0 Å². The molecule has 1 atom stereocenters. The molecule has 0 unspecified atom stereocenters. The van der Waals surface area contributed by atoms with Crippen LogP contribution in [0.3, 0.4) is 0 Å². The number of halogens is 1. The lowest BCUT2D eigenvalue weighted by atomic mass is 10.1. The normalized spacial score (nSPS) is 11.4. The number of nitrogens with two attached hydrogens (primary N) is 1. The van der Waals surface area contributed by atoms with E-state index in [0.717, 1.165) is 5.56 Å². The number of amides is 2. The summed E-state index contributed by atoms with van der Waals surface area (Å²) in [6.45, 7) is 0.0579. The minimum atomic E-state index is -1.20. The van der Waals surface area contributed by atoms with Gasteiger partial charge in [-0.15, -0.1) is 0 Å². The molecule has 0 saturated heterocycles. The molecule has 2 aromatic carbocycles. The average molecular weight is 358 g/mol. The molecule has 0 radical (unpaired) electrons. The van der Waals surface area contributed by atoms with Crippen LogP contribution in [-0.2, 0) is 32.1 Å². The number of nitrogens with one attached hydrogen (secondary N) is 1. The SMILES string of the molecule is NC(=O)[C@@H](CC(=O)OCc1ccccc1)NC(=O)Cc1cccc(F)c1. The molecule has 0 spiro atoms. The van der Waals surface area contributed by atoms with Gasteiger partial charge in [-0.2, -0.15) is 0 Å². The van der Waals surface area contributed by atoms with Gasteiger partial charge in [0.1, 0.15) is 18.5 Å². The van der Waals surface area contributed by atoms with Crippen molar-refractivity contribution in [2.24, 2.45) is 5.73 Å². The largest absolute Gasteiger partial charge is 0.461 e. The Bertz CT molecular complexity index is 780. The van der Waals surface area contributed by atoms with E-state index in [1.165, 1.54) is 18.2 Å². The molecule has 0 fully saturated rings. The molecule has 0 aliphatic carbocycles. The Morgan fingerprint density at radius 3 is 2.38 bits per heavy atom. The number of rotatable bonds is 8. The highest BCUT2D eigenvalue weighted by Gasteiger charge is 2.22. The van der Waals surface area contributed by atoms with Gasteiger partial charge < -0.3 is 15.8 Å². The lowest BCUT2D eigenvalue weighted by Gasteiger charge is -2.15. The number of carbonyl (C=O) groups is 3. The summed E-state index contributed by atoms with van der Waals surface area (Å²) in [6.07, 6.45) is -0.516. The standard InChI is InChI=1S/C19H19FN2O4/c20-15-8-4-7-14(9-15)10-17(23)22-16(19(21)25)11-18(24)26-12-13-5-2-1-3-6-13/h1-9,16H,10-12H2,(H2,21,25)(H,22,23)/t16-/m1/s1. The van der Waals surface area contributed by atoms with Crippen molar-refractivity contribution in [1.29, 1.82) is 0 Å². The maximum absolute atomic E-state index is 13.1. The molecule has 0 saturated carbocycles. The van der Waals surface area contributed by atoms with Gasteiger partial charge in [-0.25, -0.2) is 4.39 Å². The Labute approximate surface area is 150 Å². The van der Waals surface area contributed by atoms with Crippen LogP contribution in [0, 0.1) is 5.82 Å². The minimum absolute atomic E-state index is 0.0579. The molecular weight excluding hydrogens is 339 g/mol. The van der Waals surface area contributed by atoms with Crippen LogP contribution in [0.4, 0.5) is 4.39 Å². The molecule has 0 bridgehead atoms. The van der Waals surface area contributed by atoms with Crippen LogP contribution in [0.5, 0.6) is 0 Å². The zero-order valence-electron chi connectivity index (χ0n) is 14.0. The van der Waals surface area contributed by atoms with Crippen molar-refractivity contribution in [3.8, 4) is 0 Å². The summed E-state index contributed by atoms with van der Waals surface area (Å²) in [5.41, 5.74) is 6.48. The topological polar surface area (TPSA) is 98.5 Å². The lowest BCUT2D eigenvalue weighted by molar-refractivity contribution is -0.147. The number of ether oxygens (including phenoxy) is 1. The maximum atomic E-state index is 13.1. The van der Waals surface area contributed by atoms with Gasteiger partial charge in [0.2, 0.25) is 11.8 Å². The van der Waals surface area contributed by atoms with Crippen molar-refractivity contribution in [1.82, 2.24) is 5.32 Å². The van der Waals surface area contributed by atoms with Crippen molar-refractivity contribution in [3.05, 3.63) is 71.5 Å². The summed E-state index contributed by atoms with van der Waals surface area (Å²) in [5, 5.41) is 2.38. The highest BCUT2D eigenvalue weighted by molar-refractivity contribution is 5.90. The Balaban J connectivity index is 1.86. The van der Waals surface area contributed by atoms with E-state index in [1.807, 2.05) is 18.2 Å². The lowest BCUT2D eigenvalue weighted by Crippen LogP contribution is -2.46. The molecule has 6 nitrogen and oxygen atoms in total. The van der Waals surface area contributed by atoms with Crippen molar-refractivity contribution in [2.75, 3.05) is 0 Å². The fourth-order valence-corrected chi connectivity index (χ4v) is 2.26. The van der Waals surface area contributed by atoms with Crippen molar-refractivity contribution >= 4 is 17.8 Å². The zero-order valence-corrected chi connectivity index (χ0v) is 14.0. The second-order valence-corrected chi connectivity index (χ2v) is 5.68. The summed E-state index contributed by atoms with van der Waals surface area (Å²) in [4.78, 5) is 35.4. The third-order valence-corrected chi connectivity index (χ3v) is 3.55. The molecule has 2 rings (SSSR count). The van der Waals surface area contributed by atoms with Gasteiger partial charge in [0.25, 0.3) is 0 Å². The van der Waals surface area contributed by atoms with E-state index in [0.29, 0.717) is 5.56 Å². The first kappa shape index (κ1) is 19.1. The van der Waals surface area contributed by atoms with Crippen LogP contribution < -0.4 is 11.1 Å². The Kier molecular flexibility index (Phi) is 6.84. The van der Waals surface area contributed by atoms with Gasteiger partial charge in [0, 0.05) is 0 Å². The van der Waals surface area contributed by atoms with Gasteiger partial charge in [-0.05, 0) is 23.3 Å². The smallest absolute Gasteiger partial charge is 0.308 e. The van der Waals surface area contributed by atoms with Gasteiger partial charge in [-0.1, -0.05) is 42.5 Å². The summed E-state index contributed by atoms with van der Waals surface area (Å²) in [5.74, 6) is -2.53. The van der Waals surface area contributed by atoms with Gasteiger partial charge in [0.05, 0.1) is 12.8 Å². The van der Waals surface area contributed by atoms with E-state index in [2.05, 4.69) is 5.32 Å². The predicted octanol–water partition coefficient (Wildman–Crippen LogP) is 1.47. The second kappa shape index (κ2) is 9.31. The highest BCUT2D eigenvalue weighted by Crippen LogP contribution is 2.06. The van der Waals surface area contributed by atoms with Gasteiger partial charge in [-0.3, -0.25) is 14.4 Å². The number of primary amides is 1. The van der Waals surface area contributed by atoms with Gasteiger partial charge >= 0.3 is 5.97 Å². The summed E-state index contributed by atoms with van der Waals surface area (Å²) >= 11 is 0. The van der Waals surface area contributed by atoms with Crippen LogP contribution in [0.15, 0.2) is 54.6 Å². The van der Waals surface area contributed by atoms with E-state index in [-0.39, 0.29) is 19.4 Å². The molecule has 3 N–H and O–H groups in total. The molecule has 136 valence electrons. The quantitative estimate of drug-likeness (QED) is 0.698. The van der Waals surface area contributed by atoms with Crippen LogP contribution in [-0.4, -0.2) is 23.8 Å². The molecule has 7 heteroatoms. The average Bonchev–Trinajstić information content (AvgIpc) is 2.60. The summed E-state index contributed by atoms with van der Waals surface area (Å²) in [7, 11) is 0. The van der Waals surface area contributed by atoms with E-state index in [4.69, 9.17) is 10.5 Å². The monoisotopic (exact) mass is 358 g/mol. The predicted molar refractivity (Wildman–Crippen MR) is 92.1 cm³/mol. The highest BCUT2D eigenvalue weighted by atomic mass is 19.1. The van der Waals surface area contributed by atoms with Crippen molar-refractivity contribution in [2.45, 2.75) is 25.5 Å². The number of benzene rings is 2. The molecule has 0 heterocycles. The summed E-state index contributed by atoms with van der Waals surface area (Å²) < 4.78 is 18.2. The molecule has 0 aromatic heterocycles. The Morgan fingerprint density at radius 2 is 1.73 bits per heavy atom. The Morgan fingerprint density at radius 1 is 1.04 bits per heavy atom. The number of hydrogen-bond donors (Lipinski definition) is 2.